The number of nitrogens with one attached hydrogen (secondary N) is 2. The topological polar surface area (TPSA) is 124 Å². The number of benzene rings is 1. The number of aromatic nitrogens is 5. The number of hydrogen-bond donors (Lipinski definition) is 2. The summed E-state index contributed by atoms with van der Waals surface area (Å²) >= 11 is 1.29. The summed E-state index contributed by atoms with van der Waals surface area (Å²) < 4.78 is 6.56. The number of carbonyl (C=O) groups is 2. The Morgan fingerprint density at radius 2 is 1.90 bits per heavy atom. The first-order valence-electron chi connectivity index (χ1n) is 9.97. The molecule has 2 aromatic heterocycles. The van der Waals surface area contributed by atoms with Gasteiger partial charge in [0.25, 0.3) is 11.8 Å². The molecular formula is C20H25N7O3S. The van der Waals surface area contributed by atoms with E-state index in [1.807, 2.05) is 30.3 Å². The van der Waals surface area contributed by atoms with Gasteiger partial charge in [-0.1, -0.05) is 46.9 Å². The fourth-order valence-corrected chi connectivity index (χ4v) is 3.52. The highest BCUT2D eigenvalue weighted by Crippen LogP contribution is 2.13. The minimum Gasteiger partial charge on any atom is -0.383 e. The number of aryl methyl sites for hydroxylation is 2. The fourth-order valence-electron chi connectivity index (χ4n) is 2.72. The average molecular weight is 444 g/mol. The van der Waals surface area contributed by atoms with Crippen LogP contribution in [0, 0.1) is 0 Å². The number of unbranched alkanes of at least 4 members (excludes halogenated alkanes) is 1. The molecule has 0 atom stereocenters. The Balaban J connectivity index is 1.36. The molecule has 0 saturated heterocycles. The van der Waals surface area contributed by atoms with Crippen molar-refractivity contribution in [3.05, 3.63) is 57.8 Å². The third-order valence-corrected chi connectivity index (χ3v) is 5.33. The van der Waals surface area contributed by atoms with Gasteiger partial charge in [-0.15, -0.1) is 15.3 Å². The van der Waals surface area contributed by atoms with Crippen LogP contribution >= 0.6 is 11.3 Å². The summed E-state index contributed by atoms with van der Waals surface area (Å²) in [7, 11) is 1.58. The lowest BCUT2D eigenvalue weighted by Crippen LogP contribution is -2.26. The Bertz CT molecular complexity index is 974. The lowest BCUT2D eigenvalue weighted by atomic mass is 10.2. The summed E-state index contributed by atoms with van der Waals surface area (Å²) in [5.74, 6) is -0.484. The minimum absolute atomic E-state index is 0.235. The lowest BCUT2D eigenvalue weighted by molar-refractivity contribution is 0.0931. The number of amides is 2. The van der Waals surface area contributed by atoms with Gasteiger partial charge in [-0.05, 0) is 18.4 Å². The molecule has 3 aromatic rings. The smallest absolute Gasteiger partial charge is 0.282 e. The molecule has 0 fully saturated rings. The van der Waals surface area contributed by atoms with Crippen LogP contribution in [0.5, 0.6) is 0 Å². The first-order chi connectivity index (χ1) is 15.2. The van der Waals surface area contributed by atoms with Crippen molar-refractivity contribution in [1.82, 2.24) is 35.8 Å². The zero-order chi connectivity index (χ0) is 21.9. The van der Waals surface area contributed by atoms with Gasteiger partial charge in [-0.2, -0.15) is 0 Å². The standard InChI is InChI=1S/C20H25N7O3S/c1-30-12-10-21-19(29)20-25-24-17(31-20)9-5-6-11-27-14-16(23-26-27)18(28)22-13-15-7-3-2-4-8-15/h2-4,7-8,14H,5-6,9-13H2,1H3,(H,21,29)(H,22,28). The van der Waals surface area contributed by atoms with Crippen molar-refractivity contribution in [3.63, 3.8) is 0 Å². The Morgan fingerprint density at radius 1 is 1.06 bits per heavy atom. The number of nitrogens with zero attached hydrogens (tertiary/aromatic N) is 5. The lowest BCUT2D eigenvalue weighted by Gasteiger charge is -2.02. The SMILES string of the molecule is COCCNC(=O)c1nnc(CCCCn2cc(C(=O)NCc3ccccc3)nn2)s1. The molecular weight excluding hydrogens is 418 g/mol. The molecule has 0 aliphatic carbocycles. The van der Waals surface area contributed by atoms with E-state index in [2.05, 4.69) is 31.1 Å². The third-order valence-electron chi connectivity index (χ3n) is 4.35. The second-order valence-corrected chi connectivity index (χ2v) is 7.80. The van der Waals surface area contributed by atoms with Crippen molar-refractivity contribution in [2.24, 2.45) is 0 Å². The molecule has 0 spiro atoms. The van der Waals surface area contributed by atoms with Crippen molar-refractivity contribution in [3.8, 4) is 0 Å². The van der Waals surface area contributed by atoms with Gasteiger partial charge in [-0.25, -0.2) is 0 Å². The van der Waals surface area contributed by atoms with E-state index in [0.29, 0.717) is 36.9 Å². The predicted molar refractivity (Wildman–Crippen MR) is 115 cm³/mol. The molecule has 0 unspecified atom stereocenters. The number of carbonyl (C=O) groups excluding carboxylic acids is 2. The summed E-state index contributed by atoms with van der Waals surface area (Å²) in [5.41, 5.74) is 1.32. The van der Waals surface area contributed by atoms with Gasteiger partial charge in [0, 0.05) is 33.2 Å². The van der Waals surface area contributed by atoms with Crippen LogP contribution in [0.25, 0.3) is 0 Å². The van der Waals surface area contributed by atoms with Crippen molar-refractivity contribution in [2.45, 2.75) is 32.4 Å². The summed E-state index contributed by atoms with van der Waals surface area (Å²) in [6.45, 7) is 1.98. The molecule has 0 aliphatic heterocycles. The second kappa shape index (κ2) is 11.9. The van der Waals surface area contributed by atoms with Crippen LogP contribution in [-0.4, -0.2) is 57.3 Å². The van der Waals surface area contributed by atoms with Gasteiger partial charge >= 0.3 is 0 Å². The van der Waals surface area contributed by atoms with E-state index in [-0.39, 0.29) is 11.8 Å². The maximum Gasteiger partial charge on any atom is 0.282 e. The summed E-state index contributed by atoms with van der Waals surface area (Å²) in [6.07, 6.45) is 4.06. The van der Waals surface area contributed by atoms with Crippen LogP contribution in [0.4, 0.5) is 0 Å². The molecule has 0 saturated carbocycles. The van der Waals surface area contributed by atoms with Gasteiger partial charge in [0.1, 0.15) is 5.01 Å². The number of methoxy groups -OCH3 is 1. The summed E-state index contributed by atoms with van der Waals surface area (Å²) in [5, 5.41) is 22.7. The highest BCUT2D eigenvalue weighted by atomic mass is 32.1. The average Bonchev–Trinajstić information content (AvgIpc) is 3.46. The third kappa shape index (κ3) is 7.23. The number of hydrogen-bond acceptors (Lipinski definition) is 8. The second-order valence-electron chi connectivity index (χ2n) is 6.74. The predicted octanol–water partition coefficient (Wildman–Crippen LogP) is 1.46. The van der Waals surface area contributed by atoms with Gasteiger partial charge in [0.2, 0.25) is 5.01 Å². The Hall–Kier alpha value is -3.18. The Kier molecular flexibility index (Phi) is 8.61. The van der Waals surface area contributed by atoms with Crippen LogP contribution in [-0.2, 0) is 24.2 Å². The van der Waals surface area contributed by atoms with E-state index in [1.165, 1.54) is 11.3 Å². The zero-order valence-electron chi connectivity index (χ0n) is 17.3. The van der Waals surface area contributed by atoms with Crippen LogP contribution in [0.2, 0.25) is 0 Å². The van der Waals surface area contributed by atoms with Gasteiger partial charge < -0.3 is 15.4 Å². The molecule has 2 amide bonds. The first kappa shape index (κ1) is 22.5. The number of ether oxygens (including phenoxy) is 1. The molecule has 0 bridgehead atoms. The summed E-state index contributed by atoms with van der Waals surface area (Å²) in [6, 6.07) is 9.69. The molecule has 0 radical (unpaired) electrons. The minimum atomic E-state index is -0.250. The van der Waals surface area contributed by atoms with Crippen LogP contribution in [0.3, 0.4) is 0 Å². The van der Waals surface area contributed by atoms with Crippen LogP contribution < -0.4 is 10.6 Å². The van der Waals surface area contributed by atoms with E-state index < -0.39 is 0 Å². The zero-order valence-corrected chi connectivity index (χ0v) is 18.1. The molecule has 2 heterocycles. The van der Waals surface area contributed by atoms with Crippen LogP contribution in [0.15, 0.2) is 36.5 Å². The normalized spacial score (nSPS) is 10.7. The Labute approximate surface area is 184 Å². The van der Waals surface area contributed by atoms with E-state index in [4.69, 9.17) is 4.74 Å². The van der Waals surface area contributed by atoms with Gasteiger partial charge in [0.15, 0.2) is 5.69 Å². The molecule has 11 heteroatoms. The van der Waals surface area contributed by atoms with Gasteiger partial charge in [0.05, 0.1) is 12.8 Å². The van der Waals surface area contributed by atoms with Crippen molar-refractivity contribution >= 4 is 23.2 Å². The molecule has 3 rings (SSSR count). The van der Waals surface area contributed by atoms with Crippen molar-refractivity contribution < 1.29 is 14.3 Å². The van der Waals surface area contributed by atoms with E-state index >= 15 is 0 Å². The highest BCUT2D eigenvalue weighted by molar-refractivity contribution is 7.13. The molecule has 1 aromatic carbocycles. The largest absolute Gasteiger partial charge is 0.383 e. The fraction of sp³-hybridized carbons (Fsp3) is 0.400. The van der Waals surface area contributed by atoms with Gasteiger partial charge in [-0.3, -0.25) is 14.3 Å². The monoisotopic (exact) mass is 443 g/mol. The molecule has 10 nitrogen and oxygen atoms in total. The first-order valence-corrected chi connectivity index (χ1v) is 10.8. The van der Waals surface area contributed by atoms with Crippen molar-refractivity contribution in [1.29, 1.82) is 0 Å². The van der Waals surface area contributed by atoms with E-state index in [9.17, 15) is 9.59 Å². The van der Waals surface area contributed by atoms with Crippen LogP contribution in [0.1, 0.15) is 43.7 Å². The quantitative estimate of drug-likeness (QED) is 0.406. The highest BCUT2D eigenvalue weighted by Gasteiger charge is 2.13. The van der Waals surface area contributed by atoms with Crippen molar-refractivity contribution in [2.75, 3.05) is 20.3 Å². The molecule has 0 aliphatic rings. The summed E-state index contributed by atoms with van der Waals surface area (Å²) in [4.78, 5) is 24.1. The maximum atomic E-state index is 12.2. The van der Waals surface area contributed by atoms with E-state index in [1.54, 1.807) is 18.0 Å². The maximum absolute atomic E-state index is 12.2. The van der Waals surface area contributed by atoms with E-state index in [0.717, 1.165) is 29.8 Å². The molecule has 2 N–H and O–H groups in total. The molecule has 164 valence electrons. The Morgan fingerprint density at radius 3 is 2.71 bits per heavy atom. The number of rotatable bonds is 12. The molecule has 31 heavy (non-hydrogen) atoms.